The van der Waals surface area contributed by atoms with Gasteiger partial charge in [-0.25, -0.2) is 0 Å². The number of anilines is 1. The molecule has 0 saturated heterocycles. The molecule has 0 heterocycles. The molecule has 0 aliphatic rings. The number of hydrazone groups is 1. The molecule has 0 fully saturated rings. The molecule has 2 aromatic carbocycles. The minimum atomic E-state index is 0.721. The highest BCUT2D eigenvalue weighted by Crippen LogP contribution is 2.13. The Morgan fingerprint density at radius 3 is 2.47 bits per heavy atom. The number of aryl methyl sites for hydroxylation is 1. The molecule has 0 saturated carbocycles. The van der Waals surface area contributed by atoms with E-state index in [2.05, 4.69) is 23.5 Å². The van der Waals surface area contributed by atoms with Gasteiger partial charge < -0.3 is 0 Å². The topological polar surface area (TPSA) is 24.4 Å². The van der Waals surface area contributed by atoms with Crippen LogP contribution in [0, 0.1) is 6.92 Å². The molecule has 0 unspecified atom stereocenters. The van der Waals surface area contributed by atoms with Crippen molar-refractivity contribution in [1.29, 1.82) is 0 Å². The van der Waals surface area contributed by atoms with Crippen molar-refractivity contribution >= 4 is 23.5 Å². The molecular weight excluding hydrogens is 232 g/mol. The van der Waals surface area contributed by atoms with Crippen molar-refractivity contribution in [3.8, 4) is 0 Å². The van der Waals surface area contributed by atoms with Gasteiger partial charge in [-0.15, -0.1) is 0 Å². The summed E-state index contributed by atoms with van der Waals surface area (Å²) >= 11 is 5.80. The maximum atomic E-state index is 5.80. The highest BCUT2D eigenvalue weighted by Gasteiger charge is 1.92. The van der Waals surface area contributed by atoms with Gasteiger partial charge in [-0.1, -0.05) is 35.9 Å². The number of rotatable bonds is 3. The van der Waals surface area contributed by atoms with Crippen LogP contribution in [0.15, 0.2) is 53.6 Å². The first-order chi connectivity index (χ1) is 8.25. The van der Waals surface area contributed by atoms with Crippen molar-refractivity contribution in [2.75, 3.05) is 5.43 Å². The van der Waals surface area contributed by atoms with Crippen LogP contribution in [-0.4, -0.2) is 6.21 Å². The first-order valence-electron chi connectivity index (χ1n) is 5.36. The Morgan fingerprint density at radius 1 is 1.06 bits per heavy atom. The number of benzene rings is 2. The van der Waals surface area contributed by atoms with E-state index in [1.165, 1.54) is 5.56 Å². The quantitative estimate of drug-likeness (QED) is 0.638. The van der Waals surface area contributed by atoms with Crippen molar-refractivity contribution in [2.24, 2.45) is 5.10 Å². The zero-order chi connectivity index (χ0) is 12.1. The van der Waals surface area contributed by atoms with Crippen molar-refractivity contribution < 1.29 is 0 Å². The predicted octanol–water partition coefficient (Wildman–Crippen LogP) is 4.09. The molecule has 0 spiro atoms. The van der Waals surface area contributed by atoms with Gasteiger partial charge in [0, 0.05) is 5.02 Å². The van der Waals surface area contributed by atoms with Crippen LogP contribution in [0.1, 0.15) is 11.1 Å². The Labute approximate surface area is 106 Å². The number of nitrogens with one attached hydrogen (secondary N) is 1. The van der Waals surface area contributed by atoms with Crippen LogP contribution in [0.2, 0.25) is 5.02 Å². The standard InChI is InChI=1S/C14H13ClN2/c1-11-4-2-3-5-12(11)10-16-17-14-8-6-13(15)7-9-14/h2-10,17H,1H3/b16-10+. The monoisotopic (exact) mass is 244 g/mol. The second-order valence-corrected chi connectivity index (χ2v) is 4.17. The van der Waals surface area contributed by atoms with Gasteiger partial charge >= 0.3 is 0 Å². The second kappa shape index (κ2) is 5.51. The van der Waals surface area contributed by atoms with E-state index in [4.69, 9.17) is 11.6 Å². The summed E-state index contributed by atoms with van der Waals surface area (Å²) < 4.78 is 0. The van der Waals surface area contributed by atoms with Crippen LogP contribution in [-0.2, 0) is 0 Å². The van der Waals surface area contributed by atoms with E-state index < -0.39 is 0 Å². The third kappa shape index (κ3) is 3.33. The Kier molecular flexibility index (Phi) is 3.78. The fraction of sp³-hybridized carbons (Fsp3) is 0.0714. The van der Waals surface area contributed by atoms with Crippen LogP contribution in [0.25, 0.3) is 0 Å². The summed E-state index contributed by atoms with van der Waals surface area (Å²) in [5, 5.41) is 4.91. The molecule has 3 heteroatoms. The fourth-order valence-electron chi connectivity index (χ4n) is 1.43. The fourth-order valence-corrected chi connectivity index (χ4v) is 1.56. The lowest BCUT2D eigenvalue weighted by Gasteiger charge is -2.01. The van der Waals surface area contributed by atoms with Crippen molar-refractivity contribution in [3.63, 3.8) is 0 Å². The van der Waals surface area contributed by atoms with E-state index in [1.807, 2.05) is 48.7 Å². The molecule has 0 atom stereocenters. The summed E-state index contributed by atoms with van der Waals surface area (Å²) in [6, 6.07) is 15.5. The Morgan fingerprint density at radius 2 is 1.76 bits per heavy atom. The lowest BCUT2D eigenvalue weighted by atomic mass is 10.1. The summed E-state index contributed by atoms with van der Waals surface area (Å²) in [5.41, 5.74) is 6.18. The first kappa shape index (κ1) is 11.7. The maximum Gasteiger partial charge on any atom is 0.0562 e. The Hall–Kier alpha value is -1.80. The number of hydrogen-bond donors (Lipinski definition) is 1. The molecule has 1 N–H and O–H groups in total. The molecule has 2 rings (SSSR count). The average Bonchev–Trinajstić information content (AvgIpc) is 2.34. The number of hydrogen-bond acceptors (Lipinski definition) is 2. The summed E-state index contributed by atoms with van der Waals surface area (Å²) in [4.78, 5) is 0. The summed E-state index contributed by atoms with van der Waals surface area (Å²) in [7, 11) is 0. The first-order valence-corrected chi connectivity index (χ1v) is 5.74. The molecule has 0 amide bonds. The second-order valence-electron chi connectivity index (χ2n) is 3.73. The van der Waals surface area contributed by atoms with E-state index in [1.54, 1.807) is 0 Å². The minimum Gasteiger partial charge on any atom is -0.279 e. The van der Waals surface area contributed by atoms with Gasteiger partial charge in [0.05, 0.1) is 11.9 Å². The van der Waals surface area contributed by atoms with Gasteiger partial charge in [-0.3, -0.25) is 5.43 Å². The average molecular weight is 245 g/mol. The van der Waals surface area contributed by atoms with Crippen LogP contribution >= 0.6 is 11.6 Å². The van der Waals surface area contributed by atoms with Crippen LogP contribution < -0.4 is 5.43 Å². The third-order valence-electron chi connectivity index (χ3n) is 2.43. The van der Waals surface area contributed by atoms with Gasteiger partial charge in [0.2, 0.25) is 0 Å². The van der Waals surface area contributed by atoms with Gasteiger partial charge in [-0.2, -0.15) is 5.10 Å². The van der Waals surface area contributed by atoms with E-state index in [-0.39, 0.29) is 0 Å². The van der Waals surface area contributed by atoms with Gasteiger partial charge in [0.1, 0.15) is 0 Å². The van der Waals surface area contributed by atoms with E-state index >= 15 is 0 Å². The number of halogens is 1. The highest BCUT2D eigenvalue weighted by molar-refractivity contribution is 6.30. The Bertz CT molecular complexity index is 518. The van der Waals surface area contributed by atoms with E-state index in [0.29, 0.717) is 0 Å². The van der Waals surface area contributed by atoms with E-state index in [0.717, 1.165) is 16.3 Å². The van der Waals surface area contributed by atoms with Crippen molar-refractivity contribution in [1.82, 2.24) is 0 Å². The zero-order valence-corrected chi connectivity index (χ0v) is 10.3. The molecule has 0 aromatic heterocycles. The summed E-state index contributed by atoms with van der Waals surface area (Å²) in [6.45, 7) is 2.06. The zero-order valence-electron chi connectivity index (χ0n) is 9.52. The van der Waals surface area contributed by atoms with Crippen LogP contribution in [0.4, 0.5) is 5.69 Å². The molecule has 17 heavy (non-hydrogen) atoms. The third-order valence-corrected chi connectivity index (χ3v) is 2.68. The SMILES string of the molecule is Cc1ccccc1/C=N/Nc1ccc(Cl)cc1. The molecule has 0 aliphatic heterocycles. The normalized spacial score (nSPS) is 10.7. The lowest BCUT2D eigenvalue weighted by molar-refractivity contribution is 1.34. The molecule has 0 radical (unpaired) electrons. The number of nitrogens with zero attached hydrogens (tertiary/aromatic N) is 1. The van der Waals surface area contributed by atoms with Gasteiger partial charge in [0.25, 0.3) is 0 Å². The maximum absolute atomic E-state index is 5.80. The Balaban J connectivity index is 2.03. The molecule has 0 bridgehead atoms. The van der Waals surface area contributed by atoms with Crippen molar-refractivity contribution in [2.45, 2.75) is 6.92 Å². The molecule has 0 aliphatic carbocycles. The lowest BCUT2D eigenvalue weighted by Crippen LogP contribution is -1.91. The minimum absolute atomic E-state index is 0.721. The van der Waals surface area contributed by atoms with Gasteiger partial charge in [0.15, 0.2) is 0 Å². The van der Waals surface area contributed by atoms with Crippen LogP contribution in [0.3, 0.4) is 0 Å². The molecule has 86 valence electrons. The van der Waals surface area contributed by atoms with Crippen LogP contribution in [0.5, 0.6) is 0 Å². The molecule has 2 aromatic rings. The predicted molar refractivity (Wildman–Crippen MR) is 73.8 cm³/mol. The summed E-state index contributed by atoms with van der Waals surface area (Å²) in [6.07, 6.45) is 1.81. The largest absolute Gasteiger partial charge is 0.279 e. The summed E-state index contributed by atoms with van der Waals surface area (Å²) in [5.74, 6) is 0. The smallest absolute Gasteiger partial charge is 0.0562 e. The molecular formula is C14H13ClN2. The highest BCUT2D eigenvalue weighted by atomic mass is 35.5. The van der Waals surface area contributed by atoms with Gasteiger partial charge in [-0.05, 0) is 42.3 Å². The van der Waals surface area contributed by atoms with E-state index in [9.17, 15) is 0 Å². The van der Waals surface area contributed by atoms with Crippen molar-refractivity contribution in [3.05, 3.63) is 64.7 Å². The molecule has 2 nitrogen and oxygen atoms in total.